The summed E-state index contributed by atoms with van der Waals surface area (Å²) >= 11 is 0. The summed E-state index contributed by atoms with van der Waals surface area (Å²) in [5.74, 6) is 0. The van der Waals surface area contributed by atoms with Gasteiger partial charge in [-0.3, -0.25) is 4.90 Å². The number of fused-ring (bicyclic) bond motifs is 1. The van der Waals surface area contributed by atoms with Crippen molar-refractivity contribution in [3.8, 4) is 0 Å². The molecule has 1 saturated heterocycles. The van der Waals surface area contributed by atoms with Crippen LogP contribution in [0.2, 0.25) is 0 Å². The lowest BCUT2D eigenvalue weighted by Crippen LogP contribution is -2.36. The largest absolute Gasteiger partial charge is 0.379 e. The Morgan fingerprint density at radius 1 is 1.21 bits per heavy atom. The maximum Gasteiger partial charge on any atom is 0.0594 e. The fourth-order valence-electron chi connectivity index (χ4n) is 2.96. The van der Waals surface area contributed by atoms with Crippen LogP contribution in [0.3, 0.4) is 0 Å². The average Bonchev–Trinajstić information content (AvgIpc) is 2.76. The van der Waals surface area contributed by atoms with Gasteiger partial charge in [0.05, 0.1) is 13.2 Å². The third-order valence-corrected chi connectivity index (χ3v) is 4.03. The Balaban J connectivity index is 1.63. The van der Waals surface area contributed by atoms with E-state index in [1.807, 2.05) is 0 Å². The highest BCUT2D eigenvalue weighted by molar-refractivity contribution is 5.84. The number of hydrogen-bond donors (Lipinski definition) is 1. The number of nitrogens with one attached hydrogen (secondary N) is 1. The number of rotatable bonds is 4. The second-order valence-electron chi connectivity index (χ2n) is 5.33. The number of morpholine rings is 1. The van der Waals surface area contributed by atoms with E-state index >= 15 is 0 Å². The van der Waals surface area contributed by atoms with Crippen LogP contribution < -0.4 is 0 Å². The summed E-state index contributed by atoms with van der Waals surface area (Å²) in [4.78, 5) is 5.99. The molecule has 0 spiro atoms. The summed E-state index contributed by atoms with van der Waals surface area (Å²) in [5.41, 5.74) is 4.08. The zero-order valence-electron chi connectivity index (χ0n) is 11.6. The molecule has 1 fully saturated rings. The summed E-state index contributed by atoms with van der Waals surface area (Å²) in [6.45, 7) is 7.34. The van der Waals surface area contributed by atoms with E-state index in [0.717, 1.165) is 32.7 Å². The number of nitrogens with zero attached hydrogens (tertiary/aromatic N) is 1. The molecule has 102 valence electrons. The fourth-order valence-corrected chi connectivity index (χ4v) is 2.96. The molecule has 0 atom stereocenters. The molecule has 1 N–H and O–H groups in total. The van der Waals surface area contributed by atoms with Crippen molar-refractivity contribution >= 4 is 10.9 Å². The normalized spacial score (nSPS) is 17.1. The van der Waals surface area contributed by atoms with Crippen molar-refractivity contribution in [1.82, 2.24) is 9.88 Å². The number of benzene rings is 1. The minimum absolute atomic E-state index is 0.895. The molecule has 1 aliphatic heterocycles. The van der Waals surface area contributed by atoms with Gasteiger partial charge in [0.15, 0.2) is 0 Å². The Morgan fingerprint density at radius 2 is 2.00 bits per heavy atom. The van der Waals surface area contributed by atoms with E-state index in [-0.39, 0.29) is 0 Å². The minimum Gasteiger partial charge on any atom is -0.379 e. The Labute approximate surface area is 114 Å². The number of aryl methyl sites for hydroxylation is 2. The van der Waals surface area contributed by atoms with Crippen LogP contribution in [0, 0.1) is 6.92 Å². The first kappa shape index (κ1) is 12.7. The highest BCUT2D eigenvalue weighted by Gasteiger charge is 2.11. The van der Waals surface area contributed by atoms with Gasteiger partial charge in [0.1, 0.15) is 0 Å². The third-order valence-electron chi connectivity index (χ3n) is 4.03. The first-order valence-electron chi connectivity index (χ1n) is 7.21. The first-order valence-corrected chi connectivity index (χ1v) is 7.21. The zero-order chi connectivity index (χ0) is 13.1. The van der Waals surface area contributed by atoms with Crippen LogP contribution in [0.1, 0.15) is 17.7 Å². The van der Waals surface area contributed by atoms with Crippen LogP contribution in [-0.2, 0) is 11.2 Å². The van der Waals surface area contributed by atoms with Gasteiger partial charge >= 0.3 is 0 Å². The quantitative estimate of drug-likeness (QED) is 0.913. The Bertz CT molecular complexity index is 541. The van der Waals surface area contributed by atoms with E-state index in [1.165, 1.54) is 35.1 Å². The van der Waals surface area contributed by atoms with Crippen molar-refractivity contribution in [3.05, 3.63) is 35.5 Å². The lowest BCUT2D eigenvalue weighted by Gasteiger charge is -2.26. The molecule has 0 radical (unpaired) electrons. The summed E-state index contributed by atoms with van der Waals surface area (Å²) in [6, 6.07) is 8.60. The van der Waals surface area contributed by atoms with Gasteiger partial charge in [-0.05, 0) is 37.9 Å². The highest BCUT2D eigenvalue weighted by atomic mass is 16.5. The number of hydrogen-bond acceptors (Lipinski definition) is 2. The summed E-state index contributed by atoms with van der Waals surface area (Å²) in [5, 5.41) is 1.39. The van der Waals surface area contributed by atoms with Crippen molar-refractivity contribution in [2.45, 2.75) is 19.8 Å². The molecule has 0 bridgehead atoms. The predicted octanol–water partition coefficient (Wildman–Crippen LogP) is 2.74. The minimum atomic E-state index is 0.895. The van der Waals surface area contributed by atoms with E-state index in [0.29, 0.717) is 0 Å². The fraction of sp³-hybridized carbons (Fsp3) is 0.500. The smallest absolute Gasteiger partial charge is 0.0594 e. The monoisotopic (exact) mass is 258 g/mol. The van der Waals surface area contributed by atoms with Gasteiger partial charge in [-0.2, -0.15) is 0 Å². The number of para-hydroxylation sites is 1. The second-order valence-corrected chi connectivity index (χ2v) is 5.33. The van der Waals surface area contributed by atoms with E-state index in [1.54, 1.807) is 0 Å². The van der Waals surface area contributed by atoms with Gasteiger partial charge < -0.3 is 9.72 Å². The van der Waals surface area contributed by atoms with Crippen molar-refractivity contribution in [2.24, 2.45) is 0 Å². The van der Waals surface area contributed by atoms with Crippen LogP contribution in [0.15, 0.2) is 24.3 Å². The van der Waals surface area contributed by atoms with E-state index in [4.69, 9.17) is 4.74 Å². The van der Waals surface area contributed by atoms with Crippen LogP contribution in [0.4, 0.5) is 0 Å². The van der Waals surface area contributed by atoms with Crippen molar-refractivity contribution in [1.29, 1.82) is 0 Å². The summed E-state index contributed by atoms with van der Waals surface area (Å²) in [7, 11) is 0. The molecule has 3 heteroatoms. The van der Waals surface area contributed by atoms with Gasteiger partial charge in [0, 0.05) is 29.7 Å². The Morgan fingerprint density at radius 3 is 2.84 bits per heavy atom. The van der Waals surface area contributed by atoms with Crippen molar-refractivity contribution in [2.75, 3.05) is 32.8 Å². The zero-order valence-corrected chi connectivity index (χ0v) is 11.6. The van der Waals surface area contributed by atoms with E-state index in [2.05, 4.69) is 41.1 Å². The molecule has 0 saturated carbocycles. The molecule has 0 aliphatic carbocycles. The molecule has 2 aromatic rings. The summed E-state index contributed by atoms with van der Waals surface area (Å²) < 4.78 is 5.38. The van der Waals surface area contributed by atoms with E-state index < -0.39 is 0 Å². The molecule has 1 aromatic carbocycles. The predicted molar refractivity (Wildman–Crippen MR) is 78.6 cm³/mol. The van der Waals surface area contributed by atoms with Gasteiger partial charge in [-0.15, -0.1) is 0 Å². The third kappa shape index (κ3) is 2.82. The second kappa shape index (κ2) is 5.76. The molecule has 0 unspecified atom stereocenters. The molecule has 1 aromatic heterocycles. The Hall–Kier alpha value is -1.32. The van der Waals surface area contributed by atoms with Crippen LogP contribution in [0.25, 0.3) is 10.9 Å². The van der Waals surface area contributed by atoms with Crippen LogP contribution in [0.5, 0.6) is 0 Å². The molecular formula is C16H22N2O. The standard InChI is InChI=1S/C16H22N2O/c1-13-14(15-5-2-3-7-16(15)17-13)6-4-8-18-9-11-19-12-10-18/h2-3,5,7,17H,4,6,8-12H2,1H3. The van der Waals surface area contributed by atoms with Gasteiger partial charge in [-0.1, -0.05) is 18.2 Å². The lowest BCUT2D eigenvalue weighted by molar-refractivity contribution is 0.0375. The van der Waals surface area contributed by atoms with Crippen LogP contribution in [-0.4, -0.2) is 42.7 Å². The number of ether oxygens (including phenoxy) is 1. The molecule has 3 nitrogen and oxygen atoms in total. The van der Waals surface area contributed by atoms with Crippen molar-refractivity contribution < 1.29 is 4.74 Å². The molecule has 19 heavy (non-hydrogen) atoms. The highest BCUT2D eigenvalue weighted by Crippen LogP contribution is 2.23. The Kier molecular flexibility index (Phi) is 3.85. The van der Waals surface area contributed by atoms with E-state index in [9.17, 15) is 0 Å². The maximum atomic E-state index is 5.38. The number of aromatic nitrogens is 1. The maximum absolute atomic E-state index is 5.38. The summed E-state index contributed by atoms with van der Waals surface area (Å²) in [6.07, 6.45) is 2.38. The molecule has 3 rings (SSSR count). The number of H-pyrrole nitrogens is 1. The average molecular weight is 258 g/mol. The number of aromatic amines is 1. The molecule has 2 heterocycles. The molecule has 1 aliphatic rings. The topological polar surface area (TPSA) is 28.3 Å². The van der Waals surface area contributed by atoms with Crippen LogP contribution >= 0.6 is 0 Å². The first-order chi connectivity index (χ1) is 9.34. The van der Waals surface area contributed by atoms with Gasteiger partial charge in [-0.25, -0.2) is 0 Å². The van der Waals surface area contributed by atoms with Gasteiger partial charge in [0.25, 0.3) is 0 Å². The van der Waals surface area contributed by atoms with Gasteiger partial charge in [0.2, 0.25) is 0 Å². The van der Waals surface area contributed by atoms with Crippen molar-refractivity contribution in [3.63, 3.8) is 0 Å². The molecular weight excluding hydrogens is 236 g/mol. The lowest BCUT2D eigenvalue weighted by atomic mass is 10.1. The molecule has 0 amide bonds. The SMILES string of the molecule is Cc1[nH]c2ccccc2c1CCCN1CCOCC1.